The van der Waals surface area contributed by atoms with E-state index in [2.05, 4.69) is 46.9 Å². The largest absolute Gasteiger partial charge is 0.343 e. The van der Waals surface area contributed by atoms with Gasteiger partial charge in [0.2, 0.25) is 0 Å². The summed E-state index contributed by atoms with van der Waals surface area (Å²) in [4.78, 5) is 15.6. The summed E-state index contributed by atoms with van der Waals surface area (Å²) in [6.07, 6.45) is 0. The van der Waals surface area contributed by atoms with Crippen LogP contribution in [0.2, 0.25) is 0 Å². The molecule has 0 aliphatic carbocycles. The summed E-state index contributed by atoms with van der Waals surface area (Å²) >= 11 is 3.19. The van der Waals surface area contributed by atoms with E-state index in [0.29, 0.717) is 16.1 Å². The van der Waals surface area contributed by atoms with Gasteiger partial charge in [0.15, 0.2) is 5.82 Å². The molecule has 2 aromatic rings. The summed E-state index contributed by atoms with van der Waals surface area (Å²) in [5, 5.41) is 15.7. The molecule has 0 unspecified atom stereocenters. The van der Waals surface area contributed by atoms with E-state index in [1.165, 1.54) is 0 Å². The Morgan fingerprint density at radius 2 is 2.38 bits per heavy atom. The molecule has 0 spiro atoms. The molecular weight excluding hydrogens is 276 g/mol. The smallest absolute Gasteiger partial charge is 0.270 e. The fourth-order valence-corrected chi connectivity index (χ4v) is 1.39. The summed E-state index contributed by atoms with van der Waals surface area (Å²) in [5.74, 6) is 0.134. The Morgan fingerprint density at radius 3 is 3.06 bits per heavy atom. The van der Waals surface area contributed by atoms with E-state index in [1.54, 1.807) is 18.2 Å². The van der Waals surface area contributed by atoms with Crippen molar-refractivity contribution in [1.82, 2.24) is 30.9 Å². The number of hydrogen-bond acceptors (Lipinski definition) is 5. The highest BCUT2D eigenvalue weighted by atomic mass is 79.9. The molecule has 0 aliphatic rings. The van der Waals surface area contributed by atoms with E-state index in [4.69, 9.17) is 0 Å². The minimum atomic E-state index is -0.286. The molecule has 0 radical (unpaired) electrons. The molecular formula is C8H7BrN6O. The lowest BCUT2D eigenvalue weighted by Gasteiger charge is -2.01. The SMILES string of the molecule is O=C(NCc1nn[nH]n1)c1cccc(Br)n1. The van der Waals surface area contributed by atoms with E-state index in [0.717, 1.165) is 0 Å². The normalized spacial score (nSPS) is 10.1. The van der Waals surface area contributed by atoms with Gasteiger partial charge in [-0.3, -0.25) is 4.79 Å². The molecule has 2 N–H and O–H groups in total. The maximum atomic E-state index is 11.6. The molecule has 0 saturated heterocycles. The average molecular weight is 283 g/mol. The van der Waals surface area contributed by atoms with Gasteiger partial charge in [0.1, 0.15) is 10.3 Å². The zero-order valence-corrected chi connectivity index (χ0v) is 9.60. The molecule has 0 fully saturated rings. The van der Waals surface area contributed by atoms with Gasteiger partial charge in [-0.25, -0.2) is 4.98 Å². The van der Waals surface area contributed by atoms with Crippen LogP contribution in [0, 0.1) is 0 Å². The van der Waals surface area contributed by atoms with Crippen molar-refractivity contribution in [2.45, 2.75) is 6.54 Å². The highest BCUT2D eigenvalue weighted by Crippen LogP contribution is 2.06. The summed E-state index contributed by atoms with van der Waals surface area (Å²) in [5.41, 5.74) is 0.331. The average Bonchev–Trinajstić information content (AvgIpc) is 2.78. The minimum absolute atomic E-state index is 0.212. The van der Waals surface area contributed by atoms with Gasteiger partial charge in [0.25, 0.3) is 5.91 Å². The predicted octanol–water partition coefficient (Wildman–Crippen LogP) is 0.287. The predicted molar refractivity (Wildman–Crippen MR) is 57.3 cm³/mol. The number of amides is 1. The van der Waals surface area contributed by atoms with Crippen molar-refractivity contribution in [3.63, 3.8) is 0 Å². The Kier molecular flexibility index (Phi) is 3.20. The first-order chi connectivity index (χ1) is 7.75. The van der Waals surface area contributed by atoms with E-state index in [1.807, 2.05) is 0 Å². The molecule has 0 atom stereocenters. The van der Waals surface area contributed by atoms with Crippen LogP contribution in [0.1, 0.15) is 16.3 Å². The number of hydrogen-bond donors (Lipinski definition) is 2. The zero-order chi connectivity index (χ0) is 11.4. The number of tetrazole rings is 1. The van der Waals surface area contributed by atoms with Crippen molar-refractivity contribution >= 4 is 21.8 Å². The molecule has 0 bridgehead atoms. The number of aromatic amines is 1. The third-order valence-electron chi connectivity index (χ3n) is 1.74. The molecule has 82 valence electrons. The lowest BCUT2D eigenvalue weighted by molar-refractivity contribution is 0.0944. The second-order valence-corrected chi connectivity index (χ2v) is 3.67. The molecule has 2 heterocycles. The zero-order valence-electron chi connectivity index (χ0n) is 8.01. The first-order valence-corrected chi connectivity index (χ1v) is 5.18. The van der Waals surface area contributed by atoms with Crippen LogP contribution < -0.4 is 5.32 Å². The number of carbonyl (C=O) groups is 1. The summed E-state index contributed by atoms with van der Waals surface area (Å²) < 4.78 is 0.611. The second kappa shape index (κ2) is 4.79. The van der Waals surface area contributed by atoms with Gasteiger partial charge in [-0.1, -0.05) is 11.3 Å². The number of nitrogens with one attached hydrogen (secondary N) is 2. The fraction of sp³-hybridized carbons (Fsp3) is 0.125. The van der Waals surface area contributed by atoms with Crippen LogP contribution in [0.3, 0.4) is 0 Å². The van der Waals surface area contributed by atoms with Crippen LogP contribution in [-0.2, 0) is 6.54 Å². The molecule has 2 aromatic heterocycles. The van der Waals surface area contributed by atoms with Crippen molar-refractivity contribution in [1.29, 1.82) is 0 Å². The third kappa shape index (κ3) is 2.60. The van der Waals surface area contributed by atoms with Gasteiger partial charge >= 0.3 is 0 Å². The van der Waals surface area contributed by atoms with Crippen molar-refractivity contribution in [2.24, 2.45) is 0 Å². The topological polar surface area (TPSA) is 96.5 Å². The Labute approximate surface area is 98.8 Å². The number of aromatic nitrogens is 5. The first kappa shape index (κ1) is 10.7. The fourth-order valence-electron chi connectivity index (χ4n) is 1.04. The molecule has 2 rings (SSSR count). The Bertz CT molecular complexity index is 485. The van der Waals surface area contributed by atoms with Gasteiger partial charge in [0.05, 0.1) is 6.54 Å². The third-order valence-corrected chi connectivity index (χ3v) is 2.19. The molecule has 16 heavy (non-hydrogen) atoms. The van der Waals surface area contributed by atoms with Crippen molar-refractivity contribution in [2.75, 3.05) is 0 Å². The number of halogens is 1. The number of pyridine rings is 1. The van der Waals surface area contributed by atoms with Crippen LogP contribution in [0.4, 0.5) is 0 Å². The van der Waals surface area contributed by atoms with Crippen LogP contribution >= 0.6 is 15.9 Å². The molecule has 0 aliphatic heterocycles. The lowest BCUT2D eigenvalue weighted by Crippen LogP contribution is -2.24. The first-order valence-electron chi connectivity index (χ1n) is 4.39. The lowest BCUT2D eigenvalue weighted by atomic mass is 10.3. The highest BCUT2D eigenvalue weighted by Gasteiger charge is 2.08. The number of nitrogens with zero attached hydrogens (tertiary/aromatic N) is 4. The standard InChI is InChI=1S/C8H7BrN6O/c9-6-3-1-2-5(11-6)8(16)10-4-7-12-14-15-13-7/h1-3H,4H2,(H,10,16)(H,12,13,14,15). The van der Waals surface area contributed by atoms with Crippen LogP contribution in [-0.4, -0.2) is 31.5 Å². The molecule has 8 heteroatoms. The van der Waals surface area contributed by atoms with E-state index < -0.39 is 0 Å². The van der Waals surface area contributed by atoms with Gasteiger partial charge in [-0.2, -0.15) is 5.21 Å². The Morgan fingerprint density at radius 1 is 1.50 bits per heavy atom. The summed E-state index contributed by atoms with van der Waals surface area (Å²) in [7, 11) is 0. The van der Waals surface area contributed by atoms with Gasteiger partial charge in [-0.05, 0) is 28.1 Å². The van der Waals surface area contributed by atoms with Crippen LogP contribution in [0.15, 0.2) is 22.8 Å². The monoisotopic (exact) mass is 282 g/mol. The van der Waals surface area contributed by atoms with E-state index in [9.17, 15) is 4.79 Å². The van der Waals surface area contributed by atoms with Crippen molar-refractivity contribution in [3.05, 3.63) is 34.3 Å². The number of carbonyl (C=O) groups excluding carboxylic acids is 1. The van der Waals surface area contributed by atoms with Crippen LogP contribution in [0.25, 0.3) is 0 Å². The molecule has 1 amide bonds. The number of rotatable bonds is 3. The maximum Gasteiger partial charge on any atom is 0.270 e. The van der Waals surface area contributed by atoms with E-state index >= 15 is 0 Å². The Balaban J connectivity index is 1.98. The molecule has 7 nitrogen and oxygen atoms in total. The van der Waals surface area contributed by atoms with Crippen molar-refractivity contribution < 1.29 is 4.79 Å². The van der Waals surface area contributed by atoms with Gasteiger partial charge in [0, 0.05) is 0 Å². The van der Waals surface area contributed by atoms with Gasteiger partial charge < -0.3 is 5.32 Å². The summed E-state index contributed by atoms with van der Waals surface area (Å²) in [6, 6.07) is 5.10. The highest BCUT2D eigenvalue weighted by molar-refractivity contribution is 9.10. The quantitative estimate of drug-likeness (QED) is 0.789. The summed E-state index contributed by atoms with van der Waals surface area (Å²) in [6.45, 7) is 0.212. The van der Waals surface area contributed by atoms with Crippen molar-refractivity contribution in [3.8, 4) is 0 Å². The molecule has 0 aromatic carbocycles. The maximum absolute atomic E-state index is 11.6. The Hall–Kier alpha value is -1.83. The second-order valence-electron chi connectivity index (χ2n) is 2.86. The molecule has 0 saturated carbocycles. The van der Waals surface area contributed by atoms with E-state index in [-0.39, 0.29) is 12.5 Å². The van der Waals surface area contributed by atoms with Crippen LogP contribution in [0.5, 0.6) is 0 Å². The van der Waals surface area contributed by atoms with Gasteiger partial charge in [-0.15, -0.1) is 10.2 Å². The number of H-pyrrole nitrogens is 1. The minimum Gasteiger partial charge on any atom is -0.343 e.